The van der Waals surface area contributed by atoms with E-state index in [1.54, 1.807) is 0 Å². The summed E-state index contributed by atoms with van der Waals surface area (Å²) in [5.41, 5.74) is -0.204. The first-order valence-electron chi connectivity index (χ1n) is 12.3. The van der Waals surface area contributed by atoms with Crippen molar-refractivity contribution in [3.05, 3.63) is 48.0 Å². The highest BCUT2D eigenvalue weighted by Crippen LogP contribution is 2.66. The van der Waals surface area contributed by atoms with Gasteiger partial charge in [-0.05, 0) is 23.6 Å². The molecule has 0 aromatic heterocycles. The number of carbonyl (C=O) groups is 1. The normalized spacial score (nSPS) is 18.4. The van der Waals surface area contributed by atoms with Crippen molar-refractivity contribution in [1.29, 1.82) is 0 Å². The fourth-order valence-electron chi connectivity index (χ4n) is 4.39. The number of rotatable bonds is 12. The Balaban J connectivity index is 2.04. The maximum Gasteiger partial charge on any atom is 0.460 e. The van der Waals surface area contributed by atoms with Crippen molar-refractivity contribution < 1.29 is 91.5 Å². The average Bonchev–Trinajstić information content (AvgIpc) is 3.38. The molecule has 0 spiro atoms. The number of hydrogen-bond acceptors (Lipinski definition) is 4. The first-order valence-corrected chi connectivity index (χ1v) is 15.8. The van der Waals surface area contributed by atoms with Gasteiger partial charge in [0.1, 0.15) is 0 Å². The summed E-state index contributed by atoms with van der Waals surface area (Å²) in [4.78, 5) is 13.1. The van der Waals surface area contributed by atoms with Crippen molar-refractivity contribution in [3.8, 4) is 0 Å². The van der Waals surface area contributed by atoms with Crippen molar-refractivity contribution in [3.63, 3.8) is 0 Å². The summed E-state index contributed by atoms with van der Waals surface area (Å²) >= 11 is 0. The van der Waals surface area contributed by atoms with Gasteiger partial charge < -0.3 is 0 Å². The van der Waals surface area contributed by atoms with Crippen LogP contribution in [0.3, 0.4) is 0 Å². The van der Waals surface area contributed by atoms with Gasteiger partial charge in [0.25, 0.3) is 0 Å². The highest BCUT2D eigenvalue weighted by atomic mass is 32.3. The molecule has 1 aliphatic heterocycles. The molecular weight excluding hydrogens is 739 g/mol. The van der Waals surface area contributed by atoms with E-state index in [0.717, 1.165) is 6.07 Å². The maximum absolute atomic E-state index is 14.7. The molecule has 23 heteroatoms. The molecule has 2 aromatic rings. The number of Topliss-reactive ketones (excluding diaryl/α,β-unsaturated/α-hetero) is 1. The molecule has 1 fully saturated rings. The number of ketones is 1. The first kappa shape index (κ1) is 38.9. The van der Waals surface area contributed by atoms with Gasteiger partial charge in [-0.3, -0.25) is 4.79 Å². The van der Waals surface area contributed by atoms with E-state index in [1.165, 1.54) is 36.4 Å². The van der Waals surface area contributed by atoms with E-state index in [-0.39, 0.29) is 23.8 Å². The fourth-order valence-corrected chi connectivity index (χ4v) is 10.0. The third-order valence-electron chi connectivity index (χ3n) is 7.01. The van der Waals surface area contributed by atoms with E-state index in [1.807, 2.05) is 0 Å². The van der Waals surface area contributed by atoms with Gasteiger partial charge in [-0.25, -0.2) is 3.63 Å². The van der Waals surface area contributed by atoms with Gasteiger partial charge in [0, 0.05) is 17.1 Å². The molecule has 4 nitrogen and oxygen atoms in total. The Morgan fingerprint density at radius 3 is 1.53 bits per heavy atom. The molecule has 1 heterocycles. The van der Waals surface area contributed by atoms with Crippen molar-refractivity contribution in [2.45, 2.75) is 59.8 Å². The number of alkyl halides is 17. The van der Waals surface area contributed by atoms with Crippen LogP contribution in [0.25, 0.3) is 10.8 Å². The van der Waals surface area contributed by atoms with Crippen LogP contribution in [0, 0.1) is 0 Å². The lowest BCUT2D eigenvalue weighted by Crippen LogP contribution is -2.75. The molecule has 0 atom stereocenters. The second-order valence-corrected chi connectivity index (χ2v) is 15.2. The Labute approximate surface area is 253 Å². The highest BCUT2D eigenvalue weighted by molar-refractivity contribution is 8.33. The summed E-state index contributed by atoms with van der Waals surface area (Å²) < 4.78 is 261. The first-order chi connectivity index (χ1) is 20.9. The minimum absolute atomic E-state index is 0.168. The molecule has 1 saturated heterocycles. The number of hydrogen-bond donors (Lipinski definition) is 0. The molecule has 268 valence electrons. The van der Waals surface area contributed by atoms with Crippen LogP contribution in [-0.2, 0) is 13.7 Å². The molecule has 3 rings (SSSR count). The van der Waals surface area contributed by atoms with Crippen molar-refractivity contribution in [1.82, 2.24) is 0 Å². The molecule has 0 N–H and O–H groups in total. The lowest BCUT2D eigenvalue weighted by atomic mass is 9.91. The Hall–Kier alpha value is -2.56. The molecular formula is C24H17F17O4S2. The zero-order valence-corrected chi connectivity index (χ0v) is 24.1. The van der Waals surface area contributed by atoms with Crippen molar-refractivity contribution >= 4 is 37.0 Å². The third-order valence-corrected chi connectivity index (χ3v) is 12.6. The predicted molar refractivity (Wildman–Crippen MR) is 130 cm³/mol. The number of fused-ring (bicyclic) bond motifs is 1. The van der Waals surface area contributed by atoms with Gasteiger partial charge in [0.15, 0.2) is 5.78 Å². The van der Waals surface area contributed by atoms with Crippen LogP contribution in [0.5, 0.6) is 0 Å². The molecule has 0 radical (unpaired) electrons. The van der Waals surface area contributed by atoms with Crippen LogP contribution in [0.15, 0.2) is 42.5 Å². The van der Waals surface area contributed by atoms with Crippen LogP contribution in [0.4, 0.5) is 74.6 Å². The van der Waals surface area contributed by atoms with E-state index in [4.69, 9.17) is 0 Å². The summed E-state index contributed by atoms with van der Waals surface area (Å²) in [6.07, 6.45) is -8.26. The Morgan fingerprint density at radius 1 is 0.617 bits per heavy atom. The van der Waals surface area contributed by atoms with Crippen molar-refractivity contribution in [2.24, 2.45) is 0 Å². The SMILES string of the molecule is O=C(CS1(OS(=O)(=O)C(F)(F)C(F)(F)C(F)(F)C(F)(F)C(F)(F)C(F)(F)C(F)(F)C(F)(F)F)CCCC1)c1cccc2ccccc12. The summed E-state index contributed by atoms with van der Waals surface area (Å²) in [5.74, 6) is -55.9. The van der Waals surface area contributed by atoms with Gasteiger partial charge in [-0.2, -0.15) is 83.1 Å². The Bertz CT molecular complexity index is 1610. The topological polar surface area (TPSA) is 60.4 Å². The average molecular weight is 756 g/mol. The van der Waals surface area contributed by atoms with E-state index in [9.17, 15) is 87.8 Å². The zero-order chi connectivity index (χ0) is 36.5. The summed E-state index contributed by atoms with van der Waals surface area (Å²) in [7, 11) is -11.7. The second kappa shape index (κ2) is 11.5. The van der Waals surface area contributed by atoms with Crippen LogP contribution < -0.4 is 0 Å². The van der Waals surface area contributed by atoms with Crippen LogP contribution in [0.1, 0.15) is 23.2 Å². The van der Waals surface area contributed by atoms with E-state index in [0.29, 0.717) is 5.39 Å². The Morgan fingerprint density at radius 2 is 1.04 bits per heavy atom. The van der Waals surface area contributed by atoms with Gasteiger partial charge >= 0.3 is 57.1 Å². The lowest BCUT2D eigenvalue weighted by molar-refractivity contribution is -0.458. The van der Waals surface area contributed by atoms with Gasteiger partial charge in [-0.15, -0.1) is 10.3 Å². The number of halogens is 17. The molecule has 47 heavy (non-hydrogen) atoms. The molecule has 0 unspecified atom stereocenters. The van der Waals surface area contributed by atoms with Gasteiger partial charge in [-0.1, -0.05) is 42.5 Å². The highest BCUT2D eigenvalue weighted by Gasteiger charge is 2.96. The second-order valence-electron chi connectivity index (χ2n) is 10.2. The lowest BCUT2D eigenvalue weighted by Gasteiger charge is -2.43. The van der Waals surface area contributed by atoms with E-state index < -0.39 is 90.4 Å². The summed E-state index contributed by atoms with van der Waals surface area (Å²) in [6.45, 7) is 0. The molecule has 0 aliphatic carbocycles. The number of carbonyl (C=O) groups excluding carboxylic acids is 1. The van der Waals surface area contributed by atoms with Crippen LogP contribution in [-0.4, -0.2) is 78.4 Å². The van der Waals surface area contributed by atoms with Gasteiger partial charge in [0.05, 0.1) is 5.75 Å². The predicted octanol–water partition coefficient (Wildman–Crippen LogP) is 8.85. The molecule has 0 saturated carbocycles. The fraction of sp³-hybridized carbons (Fsp3) is 0.542. The minimum atomic E-state index is -8.94. The van der Waals surface area contributed by atoms with Crippen molar-refractivity contribution in [2.75, 3.05) is 17.3 Å². The zero-order valence-electron chi connectivity index (χ0n) is 22.5. The smallest absolute Gasteiger partial charge is 0.293 e. The molecule has 0 bridgehead atoms. The minimum Gasteiger partial charge on any atom is -0.293 e. The Kier molecular flexibility index (Phi) is 9.52. The van der Waals surface area contributed by atoms with Crippen LogP contribution in [0.2, 0.25) is 0 Å². The standard InChI is InChI=1S/C24H17F17O4S2/c25-17(26,19(29,30)21(33,34)23(37,38)39)18(27,28)20(31,32)22(35,36)24(40,41)47(43,44)45-46(10-3-4-11-46)12-16(42)15-9-5-7-13-6-1-2-8-14(13)15/h1-2,5-9H,3-4,10-12H2. The molecule has 2 aromatic carbocycles. The summed E-state index contributed by atoms with van der Waals surface area (Å²) in [5, 5.41) is -7.19. The third kappa shape index (κ3) is 5.70. The quantitative estimate of drug-likeness (QED) is 0.161. The van der Waals surface area contributed by atoms with E-state index in [2.05, 4.69) is 3.63 Å². The molecule has 0 amide bonds. The molecule has 1 aliphatic rings. The largest absolute Gasteiger partial charge is 0.460 e. The van der Waals surface area contributed by atoms with Crippen LogP contribution >= 0.6 is 10.3 Å². The number of benzene rings is 2. The van der Waals surface area contributed by atoms with E-state index >= 15 is 0 Å². The summed E-state index contributed by atoms with van der Waals surface area (Å²) in [6, 6.07) is 9.78. The van der Waals surface area contributed by atoms with Gasteiger partial charge in [0.2, 0.25) is 0 Å². The maximum atomic E-state index is 14.7. The monoisotopic (exact) mass is 756 g/mol.